The van der Waals surface area contributed by atoms with Crippen molar-refractivity contribution in [1.29, 1.82) is 0 Å². The van der Waals surface area contributed by atoms with Crippen LogP contribution in [0.4, 0.5) is 5.69 Å². The molecule has 2 fully saturated rings. The van der Waals surface area contributed by atoms with Crippen molar-refractivity contribution in [2.75, 3.05) is 12.3 Å². The van der Waals surface area contributed by atoms with E-state index in [4.69, 9.17) is 5.73 Å². The first-order valence-corrected chi connectivity index (χ1v) is 7.89. The molecule has 18 heavy (non-hydrogen) atoms. The van der Waals surface area contributed by atoms with Crippen LogP contribution in [-0.4, -0.2) is 25.3 Å². The number of nitrogen functional groups attached to an aromatic ring is 1. The summed E-state index contributed by atoms with van der Waals surface area (Å²) in [6.45, 7) is 0.682. The molecule has 4 nitrogen and oxygen atoms in total. The third-order valence-electron chi connectivity index (χ3n) is 3.55. The molecule has 98 valence electrons. The molecule has 0 saturated heterocycles. The summed E-state index contributed by atoms with van der Waals surface area (Å²) in [5, 5.41) is 0. The smallest absolute Gasteiger partial charge is 0.243 e. The lowest BCUT2D eigenvalue weighted by Gasteiger charge is -2.21. The average molecular weight is 266 g/mol. The minimum atomic E-state index is -3.36. The molecule has 0 atom stereocenters. The standard InChI is InChI=1S/C13H18N2O2S/c14-11-2-1-3-13(8-11)18(16,17)15(12-6-7-12)9-10-4-5-10/h1-3,8,10,12H,4-7,9,14H2. The number of hydrogen-bond acceptors (Lipinski definition) is 3. The molecule has 3 rings (SSSR count). The number of nitrogens with two attached hydrogens (primary N) is 1. The van der Waals surface area contributed by atoms with Crippen LogP contribution in [-0.2, 0) is 10.0 Å². The molecule has 2 aliphatic carbocycles. The van der Waals surface area contributed by atoms with Gasteiger partial charge in [-0.3, -0.25) is 0 Å². The van der Waals surface area contributed by atoms with E-state index in [1.165, 1.54) is 0 Å². The third kappa shape index (κ3) is 2.37. The van der Waals surface area contributed by atoms with Gasteiger partial charge in [-0.2, -0.15) is 4.31 Å². The molecular weight excluding hydrogens is 248 g/mol. The zero-order valence-corrected chi connectivity index (χ0v) is 11.1. The first kappa shape index (κ1) is 12.0. The Kier molecular flexibility index (Phi) is 2.83. The molecule has 0 aromatic heterocycles. The predicted octanol–water partition coefficient (Wildman–Crippen LogP) is 1.83. The molecule has 1 aromatic carbocycles. The van der Waals surface area contributed by atoms with E-state index >= 15 is 0 Å². The van der Waals surface area contributed by atoms with E-state index in [1.807, 2.05) is 0 Å². The Labute approximate surface area is 108 Å². The maximum atomic E-state index is 12.6. The number of anilines is 1. The molecule has 2 aliphatic rings. The monoisotopic (exact) mass is 266 g/mol. The van der Waals surface area contributed by atoms with Crippen molar-refractivity contribution in [1.82, 2.24) is 4.31 Å². The largest absolute Gasteiger partial charge is 0.399 e. The van der Waals surface area contributed by atoms with Gasteiger partial charge in [0, 0.05) is 18.3 Å². The molecule has 0 heterocycles. The molecule has 2 saturated carbocycles. The van der Waals surface area contributed by atoms with Crippen molar-refractivity contribution in [3.63, 3.8) is 0 Å². The van der Waals surface area contributed by atoms with Crippen LogP contribution in [0.25, 0.3) is 0 Å². The van der Waals surface area contributed by atoms with Gasteiger partial charge in [0.1, 0.15) is 0 Å². The Morgan fingerprint density at radius 3 is 2.50 bits per heavy atom. The molecule has 0 unspecified atom stereocenters. The summed E-state index contributed by atoms with van der Waals surface area (Å²) < 4.78 is 26.9. The third-order valence-corrected chi connectivity index (χ3v) is 5.47. The van der Waals surface area contributed by atoms with Gasteiger partial charge in [-0.15, -0.1) is 0 Å². The van der Waals surface area contributed by atoms with Crippen LogP contribution < -0.4 is 5.73 Å². The predicted molar refractivity (Wildman–Crippen MR) is 70.5 cm³/mol. The maximum Gasteiger partial charge on any atom is 0.243 e. The molecule has 1 aromatic rings. The molecule has 0 bridgehead atoms. The van der Waals surface area contributed by atoms with Crippen LogP contribution in [0.2, 0.25) is 0 Å². The second-order valence-electron chi connectivity index (χ2n) is 5.32. The molecular formula is C13H18N2O2S. The van der Waals surface area contributed by atoms with Crippen molar-refractivity contribution in [2.45, 2.75) is 36.6 Å². The van der Waals surface area contributed by atoms with E-state index in [0.29, 0.717) is 23.0 Å². The zero-order chi connectivity index (χ0) is 12.8. The van der Waals surface area contributed by atoms with Crippen molar-refractivity contribution in [2.24, 2.45) is 5.92 Å². The summed E-state index contributed by atoms with van der Waals surface area (Å²) in [4.78, 5) is 0.329. The number of hydrogen-bond donors (Lipinski definition) is 1. The van der Waals surface area contributed by atoms with Crippen LogP contribution in [0, 0.1) is 5.92 Å². The van der Waals surface area contributed by atoms with Crippen LogP contribution in [0.1, 0.15) is 25.7 Å². The van der Waals surface area contributed by atoms with Crippen LogP contribution in [0.3, 0.4) is 0 Å². The Bertz CT molecular complexity index is 548. The van der Waals surface area contributed by atoms with Gasteiger partial charge in [0.25, 0.3) is 0 Å². The minimum Gasteiger partial charge on any atom is -0.399 e. The summed E-state index contributed by atoms with van der Waals surface area (Å²) in [6, 6.07) is 6.81. The minimum absolute atomic E-state index is 0.219. The summed E-state index contributed by atoms with van der Waals surface area (Å²) in [7, 11) is -3.36. The summed E-state index contributed by atoms with van der Waals surface area (Å²) >= 11 is 0. The van der Waals surface area contributed by atoms with Crippen molar-refractivity contribution in [3.8, 4) is 0 Å². The van der Waals surface area contributed by atoms with Crippen molar-refractivity contribution >= 4 is 15.7 Å². The van der Waals surface area contributed by atoms with E-state index in [1.54, 1.807) is 28.6 Å². The lowest BCUT2D eigenvalue weighted by atomic mass is 10.3. The first-order chi connectivity index (χ1) is 8.57. The van der Waals surface area contributed by atoms with Gasteiger partial charge in [0.2, 0.25) is 10.0 Å². The molecule has 2 N–H and O–H groups in total. The highest BCUT2D eigenvalue weighted by atomic mass is 32.2. The topological polar surface area (TPSA) is 63.4 Å². The molecule has 0 amide bonds. The molecule has 0 radical (unpaired) electrons. The summed E-state index contributed by atoms with van der Waals surface area (Å²) in [5.41, 5.74) is 6.18. The fraction of sp³-hybridized carbons (Fsp3) is 0.538. The van der Waals surface area contributed by atoms with Gasteiger partial charge in [-0.25, -0.2) is 8.42 Å². The lowest BCUT2D eigenvalue weighted by molar-refractivity contribution is 0.389. The first-order valence-electron chi connectivity index (χ1n) is 6.45. The Morgan fingerprint density at radius 1 is 1.22 bits per heavy atom. The Morgan fingerprint density at radius 2 is 1.94 bits per heavy atom. The molecule has 0 aliphatic heterocycles. The van der Waals surface area contributed by atoms with E-state index < -0.39 is 10.0 Å². The van der Waals surface area contributed by atoms with Crippen molar-refractivity contribution < 1.29 is 8.42 Å². The van der Waals surface area contributed by atoms with Crippen LogP contribution in [0.5, 0.6) is 0 Å². The number of benzene rings is 1. The maximum absolute atomic E-state index is 12.6. The quantitative estimate of drug-likeness (QED) is 0.827. The van der Waals surface area contributed by atoms with Gasteiger partial charge in [0.05, 0.1) is 4.90 Å². The van der Waals surface area contributed by atoms with Gasteiger partial charge in [-0.1, -0.05) is 6.07 Å². The number of sulfonamides is 1. The van der Waals surface area contributed by atoms with E-state index in [9.17, 15) is 8.42 Å². The highest BCUT2D eigenvalue weighted by Crippen LogP contribution is 2.38. The molecule has 0 spiro atoms. The Balaban J connectivity index is 1.90. The van der Waals surface area contributed by atoms with E-state index in [2.05, 4.69) is 0 Å². The fourth-order valence-corrected chi connectivity index (χ4v) is 3.99. The SMILES string of the molecule is Nc1cccc(S(=O)(=O)N(CC2CC2)C2CC2)c1. The van der Waals surface area contributed by atoms with Crippen LogP contribution in [0.15, 0.2) is 29.2 Å². The molecule has 5 heteroatoms. The van der Waals surface area contributed by atoms with Crippen LogP contribution >= 0.6 is 0 Å². The second kappa shape index (κ2) is 4.24. The van der Waals surface area contributed by atoms with Gasteiger partial charge >= 0.3 is 0 Å². The van der Waals surface area contributed by atoms with E-state index in [0.717, 1.165) is 25.7 Å². The number of rotatable bonds is 5. The lowest BCUT2D eigenvalue weighted by Crippen LogP contribution is -2.34. The summed E-state index contributed by atoms with van der Waals surface area (Å²) in [6.07, 6.45) is 4.31. The van der Waals surface area contributed by atoms with Gasteiger partial charge in [0.15, 0.2) is 0 Å². The normalized spacial score (nSPS) is 20.3. The zero-order valence-electron chi connectivity index (χ0n) is 10.2. The number of nitrogens with zero attached hydrogens (tertiary/aromatic N) is 1. The van der Waals surface area contributed by atoms with Crippen molar-refractivity contribution in [3.05, 3.63) is 24.3 Å². The van der Waals surface area contributed by atoms with E-state index in [-0.39, 0.29) is 6.04 Å². The fourth-order valence-electron chi connectivity index (χ4n) is 2.17. The highest BCUT2D eigenvalue weighted by Gasteiger charge is 2.41. The summed E-state index contributed by atoms with van der Waals surface area (Å²) in [5.74, 6) is 0.571. The Hall–Kier alpha value is -1.07. The van der Waals surface area contributed by atoms with Gasteiger partial charge in [-0.05, 0) is 49.8 Å². The van der Waals surface area contributed by atoms with Gasteiger partial charge < -0.3 is 5.73 Å². The average Bonchev–Trinajstić information content (AvgIpc) is 3.18. The highest BCUT2D eigenvalue weighted by molar-refractivity contribution is 7.89. The second-order valence-corrected chi connectivity index (χ2v) is 7.21.